The van der Waals surface area contributed by atoms with Crippen molar-refractivity contribution in [2.45, 2.75) is 70.5 Å². The van der Waals surface area contributed by atoms with Crippen molar-refractivity contribution in [1.29, 1.82) is 0 Å². The fourth-order valence-electron chi connectivity index (χ4n) is 3.95. The Kier molecular flexibility index (Phi) is 7.65. The number of alkyl halides is 6. The predicted molar refractivity (Wildman–Crippen MR) is 121 cm³/mol. The zero-order chi connectivity index (χ0) is 27.7. The first-order valence-corrected chi connectivity index (χ1v) is 11.9. The molecule has 0 saturated heterocycles. The molecule has 3 aromatic rings. The van der Waals surface area contributed by atoms with Gasteiger partial charge in [-0.1, -0.05) is 0 Å². The number of nitrogens with zero attached hydrogens (tertiary/aromatic N) is 5. The first kappa shape index (κ1) is 27.4. The molecule has 38 heavy (non-hydrogen) atoms. The van der Waals surface area contributed by atoms with Gasteiger partial charge in [-0.3, -0.25) is 18.7 Å². The minimum absolute atomic E-state index is 0.00489. The molecule has 15 heteroatoms. The molecule has 1 fully saturated rings. The van der Waals surface area contributed by atoms with Gasteiger partial charge in [0.05, 0.1) is 48.6 Å². The SMILES string of the molecule is Cc1c(C(=O)NCc2cn3ccc(C(NC(=O)CCC(F)(F)F)C4CC4)nc3n2)cnn1CCC(F)(F)F. The lowest BCUT2D eigenvalue weighted by Gasteiger charge is -2.18. The number of rotatable bonds is 10. The summed E-state index contributed by atoms with van der Waals surface area (Å²) in [5, 5.41) is 9.17. The van der Waals surface area contributed by atoms with Crippen LogP contribution in [-0.2, 0) is 17.9 Å². The molecule has 0 spiro atoms. The van der Waals surface area contributed by atoms with Gasteiger partial charge >= 0.3 is 12.4 Å². The van der Waals surface area contributed by atoms with Crippen LogP contribution in [0.15, 0.2) is 24.7 Å². The van der Waals surface area contributed by atoms with Crippen LogP contribution in [0.1, 0.15) is 65.6 Å². The fourth-order valence-corrected chi connectivity index (χ4v) is 3.95. The predicted octanol–water partition coefficient (Wildman–Crippen LogP) is 4.03. The molecule has 2 N–H and O–H groups in total. The highest BCUT2D eigenvalue weighted by Gasteiger charge is 2.35. The molecule has 1 aliphatic rings. The Balaban J connectivity index is 1.39. The van der Waals surface area contributed by atoms with Gasteiger partial charge in [0.1, 0.15) is 0 Å². The second kappa shape index (κ2) is 10.6. The molecule has 1 atom stereocenters. The van der Waals surface area contributed by atoms with Crippen LogP contribution in [-0.4, -0.2) is 48.3 Å². The Morgan fingerprint density at radius 1 is 1.11 bits per heavy atom. The molecule has 4 rings (SSSR count). The molecule has 206 valence electrons. The third-order valence-corrected chi connectivity index (χ3v) is 6.15. The summed E-state index contributed by atoms with van der Waals surface area (Å²) >= 11 is 0. The zero-order valence-corrected chi connectivity index (χ0v) is 20.2. The maximum Gasteiger partial charge on any atom is 0.390 e. The second-order valence-corrected chi connectivity index (χ2v) is 9.20. The van der Waals surface area contributed by atoms with Crippen molar-refractivity contribution < 1.29 is 35.9 Å². The average Bonchev–Trinajstić information content (AvgIpc) is 3.48. The number of nitrogens with one attached hydrogen (secondary N) is 2. The fraction of sp³-hybridized carbons (Fsp3) is 0.522. The number of carbonyl (C=O) groups excluding carboxylic acids is 2. The third-order valence-electron chi connectivity index (χ3n) is 6.15. The minimum atomic E-state index is -4.42. The van der Waals surface area contributed by atoms with Crippen molar-refractivity contribution >= 4 is 17.6 Å². The molecule has 1 saturated carbocycles. The Hall–Kier alpha value is -3.65. The van der Waals surface area contributed by atoms with Crippen molar-refractivity contribution in [2.24, 2.45) is 5.92 Å². The second-order valence-electron chi connectivity index (χ2n) is 9.20. The summed E-state index contributed by atoms with van der Waals surface area (Å²) in [6.07, 6.45) is -5.57. The largest absolute Gasteiger partial charge is 0.390 e. The number of imidazole rings is 1. The standard InChI is InChI=1S/C23H25F6N7O2/c1-13-16(11-31-36(13)9-7-23(27,28)29)20(38)30-10-15-12-35-8-5-17(33-21(35)32-15)19(14-2-3-14)34-18(37)4-6-22(24,25)26/h5,8,11-12,14,19H,2-4,6-7,9-10H2,1H3,(H,30,38)(H,34,37). The van der Waals surface area contributed by atoms with Gasteiger partial charge in [-0.15, -0.1) is 0 Å². The van der Waals surface area contributed by atoms with E-state index in [1.54, 1.807) is 22.9 Å². The van der Waals surface area contributed by atoms with E-state index in [0.29, 0.717) is 17.1 Å². The highest BCUT2D eigenvalue weighted by atomic mass is 19.4. The minimum Gasteiger partial charge on any atom is -0.347 e. The van der Waals surface area contributed by atoms with E-state index < -0.39 is 56.0 Å². The Morgan fingerprint density at radius 3 is 2.47 bits per heavy atom. The van der Waals surface area contributed by atoms with Crippen molar-refractivity contribution in [3.8, 4) is 0 Å². The highest BCUT2D eigenvalue weighted by molar-refractivity contribution is 5.94. The van der Waals surface area contributed by atoms with E-state index >= 15 is 0 Å². The molecular weight excluding hydrogens is 520 g/mol. The maximum absolute atomic E-state index is 12.6. The number of aromatic nitrogens is 5. The average molecular weight is 545 g/mol. The highest BCUT2D eigenvalue weighted by Crippen LogP contribution is 2.40. The van der Waals surface area contributed by atoms with Gasteiger partial charge in [0, 0.05) is 31.1 Å². The van der Waals surface area contributed by atoms with Crippen molar-refractivity contribution in [3.63, 3.8) is 0 Å². The van der Waals surface area contributed by atoms with Crippen molar-refractivity contribution in [1.82, 2.24) is 34.8 Å². The van der Waals surface area contributed by atoms with Crippen LogP contribution >= 0.6 is 0 Å². The Bertz CT molecular complexity index is 1310. The third kappa shape index (κ3) is 7.22. The van der Waals surface area contributed by atoms with Gasteiger partial charge in [-0.05, 0) is 31.7 Å². The van der Waals surface area contributed by atoms with Gasteiger partial charge < -0.3 is 10.6 Å². The van der Waals surface area contributed by atoms with Gasteiger partial charge in [-0.2, -0.15) is 31.4 Å². The number of hydrogen-bond donors (Lipinski definition) is 2. The topological polar surface area (TPSA) is 106 Å². The summed E-state index contributed by atoms with van der Waals surface area (Å²) in [7, 11) is 0. The van der Waals surface area contributed by atoms with E-state index in [9.17, 15) is 35.9 Å². The van der Waals surface area contributed by atoms with Crippen LogP contribution in [0.4, 0.5) is 26.3 Å². The lowest BCUT2D eigenvalue weighted by Crippen LogP contribution is -2.31. The van der Waals surface area contributed by atoms with Crippen LogP contribution < -0.4 is 10.6 Å². The molecule has 1 aliphatic carbocycles. The lowest BCUT2D eigenvalue weighted by molar-refractivity contribution is -0.144. The molecule has 3 aromatic heterocycles. The van der Waals surface area contributed by atoms with Gasteiger partial charge in [0.15, 0.2) is 0 Å². The quantitative estimate of drug-likeness (QED) is 0.375. The van der Waals surface area contributed by atoms with Crippen LogP contribution in [0.2, 0.25) is 0 Å². The molecule has 1 unspecified atom stereocenters. The van der Waals surface area contributed by atoms with Gasteiger partial charge in [0.2, 0.25) is 11.7 Å². The number of carbonyl (C=O) groups is 2. The monoisotopic (exact) mass is 545 g/mol. The van der Waals surface area contributed by atoms with E-state index in [1.165, 1.54) is 13.1 Å². The van der Waals surface area contributed by atoms with Gasteiger partial charge in [0.25, 0.3) is 5.91 Å². The first-order valence-electron chi connectivity index (χ1n) is 11.9. The Labute approximate surface area is 212 Å². The van der Waals surface area contributed by atoms with E-state index in [0.717, 1.165) is 17.5 Å². The molecule has 0 bridgehead atoms. The normalized spacial score (nSPS) is 15.0. The summed E-state index contributed by atoms with van der Waals surface area (Å²) in [5.74, 6) is -0.877. The van der Waals surface area contributed by atoms with E-state index in [4.69, 9.17) is 0 Å². The molecule has 0 aromatic carbocycles. The number of fused-ring (bicyclic) bond motifs is 1. The molecule has 0 radical (unpaired) electrons. The molecular formula is C23H25F6N7O2. The summed E-state index contributed by atoms with van der Waals surface area (Å²) in [6.45, 7) is 1.12. The summed E-state index contributed by atoms with van der Waals surface area (Å²) < 4.78 is 77.5. The number of amides is 2. The van der Waals surface area contributed by atoms with Gasteiger partial charge in [-0.25, -0.2) is 9.97 Å². The van der Waals surface area contributed by atoms with Crippen LogP contribution in [0.5, 0.6) is 0 Å². The maximum atomic E-state index is 12.6. The zero-order valence-electron chi connectivity index (χ0n) is 20.2. The first-order chi connectivity index (χ1) is 17.8. The molecule has 0 aliphatic heterocycles. The van der Waals surface area contributed by atoms with Crippen molar-refractivity contribution in [2.75, 3.05) is 0 Å². The lowest BCUT2D eigenvalue weighted by atomic mass is 10.1. The summed E-state index contributed by atoms with van der Waals surface area (Å²) in [6, 6.07) is 1.13. The number of aryl methyl sites for hydroxylation is 1. The molecule has 3 heterocycles. The Morgan fingerprint density at radius 2 is 1.82 bits per heavy atom. The summed E-state index contributed by atoms with van der Waals surface area (Å²) in [5.41, 5.74) is 1.37. The molecule has 9 nitrogen and oxygen atoms in total. The van der Waals surface area contributed by atoms with Crippen LogP contribution in [0.3, 0.4) is 0 Å². The smallest absolute Gasteiger partial charge is 0.347 e. The number of halogens is 6. The van der Waals surface area contributed by atoms with E-state index in [1.807, 2.05) is 0 Å². The van der Waals surface area contributed by atoms with E-state index in [2.05, 4.69) is 25.7 Å². The van der Waals surface area contributed by atoms with E-state index in [-0.39, 0.29) is 23.8 Å². The van der Waals surface area contributed by atoms with Crippen LogP contribution in [0, 0.1) is 12.8 Å². The number of hydrogen-bond acceptors (Lipinski definition) is 5. The van der Waals surface area contributed by atoms with Crippen LogP contribution in [0.25, 0.3) is 5.78 Å². The molecule has 2 amide bonds. The summed E-state index contributed by atoms with van der Waals surface area (Å²) in [4.78, 5) is 33.5. The van der Waals surface area contributed by atoms with Crippen molar-refractivity contribution in [3.05, 3.63) is 47.3 Å².